The molecule has 1 aromatic carbocycles. The predicted molar refractivity (Wildman–Crippen MR) is 69.0 cm³/mol. The highest BCUT2D eigenvalue weighted by Crippen LogP contribution is 2.24. The largest absolute Gasteiger partial charge is 0.506 e. The molecule has 1 fully saturated rings. The fraction of sp³-hybridized carbons (Fsp3) is 0.462. The van der Waals surface area contributed by atoms with Crippen LogP contribution in [-0.2, 0) is 4.74 Å². The van der Waals surface area contributed by atoms with E-state index in [1.165, 1.54) is 12.1 Å². The number of nitrogens with one attached hydrogen (secondary N) is 1. The van der Waals surface area contributed by atoms with Crippen LogP contribution in [0.15, 0.2) is 18.2 Å². The van der Waals surface area contributed by atoms with Crippen molar-refractivity contribution in [2.45, 2.75) is 19.4 Å². The molecule has 0 bridgehead atoms. The molecule has 1 heterocycles. The SMILES string of the molecule is CC1COCCC1NC(=O)c1ccc(O)c(Cl)c1. The summed E-state index contributed by atoms with van der Waals surface area (Å²) in [6, 6.07) is 4.57. The number of hydrogen-bond acceptors (Lipinski definition) is 3. The first kappa shape index (κ1) is 13.2. The quantitative estimate of drug-likeness (QED) is 0.865. The smallest absolute Gasteiger partial charge is 0.251 e. The first-order chi connectivity index (χ1) is 8.58. The Bertz CT molecular complexity index is 450. The van der Waals surface area contributed by atoms with Crippen molar-refractivity contribution < 1.29 is 14.6 Å². The second-order valence-electron chi connectivity index (χ2n) is 4.59. The van der Waals surface area contributed by atoms with E-state index in [4.69, 9.17) is 16.3 Å². The van der Waals surface area contributed by atoms with E-state index in [0.717, 1.165) is 6.42 Å². The number of amides is 1. The average Bonchev–Trinajstić information content (AvgIpc) is 2.35. The zero-order valence-corrected chi connectivity index (χ0v) is 10.9. The molecule has 1 aliphatic rings. The molecule has 1 saturated heterocycles. The predicted octanol–water partition coefficient (Wildman–Crippen LogP) is 2.20. The fourth-order valence-corrected chi connectivity index (χ4v) is 2.18. The van der Waals surface area contributed by atoms with Crippen LogP contribution in [0.1, 0.15) is 23.7 Å². The maximum atomic E-state index is 12.0. The molecule has 4 nitrogen and oxygen atoms in total. The van der Waals surface area contributed by atoms with Crippen LogP contribution in [0.5, 0.6) is 5.75 Å². The molecule has 18 heavy (non-hydrogen) atoms. The zero-order valence-electron chi connectivity index (χ0n) is 10.1. The maximum absolute atomic E-state index is 12.0. The number of carbonyl (C=O) groups excluding carboxylic acids is 1. The zero-order chi connectivity index (χ0) is 13.1. The molecular weight excluding hydrogens is 254 g/mol. The van der Waals surface area contributed by atoms with Gasteiger partial charge in [-0.2, -0.15) is 0 Å². The third-order valence-electron chi connectivity index (χ3n) is 3.17. The van der Waals surface area contributed by atoms with Gasteiger partial charge in [-0.05, 0) is 30.5 Å². The third-order valence-corrected chi connectivity index (χ3v) is 3.47. The molecule has 0 aliphatic carbocycles. The summed E-state index contributed by atoms with van der Waals surface area (Å²) in [4.78, 5) is 12.0. The van der Waals surface area contributed by atoms with Gasteiger partial charge in [0.1, 0.15) is 5.75 Å². The lowest BCUT2D eigenvalue weighted by Crippen LogP contribution is -2.44. The lowest BCUT2D eigenvalue weighted by atomic mass is 9.97. The van der Waals surface area contributed by atoms with Gasteiger partial charge in [-0.25, -0.2) is 0 Å². The molecule has 1 aliphatic heterocycles. The average molecular weight is 270 g/mol. The minimum atomic E-state index is -0.171. The van der Waals surface area contributed by atoms with Gasteiger partial charge >= 0.3 is 0 Å². The molecule has 0 saturated carbocycles. The summed E-state index contributed by atoms with van der Waals surface area (Å²) in [5.41, 5.74) is 0.455. The van der Waals surface area contributed by atoms with E-state index in [9.17, 15) is 9.90 Å². The van der Waals surface area contributed by atoms with Gasteiger partial charge in [-0.3, -0.25) is 4.79 Å². The Kier molecular flexibility index (Phi) is 4.09. The minimum Gasteiger partial charge on any atom is -0.506 e. The van der Waals surface area contributed by atoms with E-state index in [0.29, 0.717) is 24.7 Å². The molecule has 2 N–H and O–H groups in total. The van der Waals surface area contributed by atoms with E-state index in [-0.39, 0.29) is 22.7 Å². The number of hydrogen-bond donors (Lipinski definition) is 2. The van der Waals surface area contributed by atoms with Gasteiger partial charge in [0.2, 0.25) is 0 Å². The van der Waals surface area contributed by atoms with Crippen molar-refractivity contribution in [3.05, 3.63) is 28.8 Å². The standard InChI is InChI=1S/C13H16ClNO3/c1-8-7-18-5-4-11(8)15-13(17)9-2-3-12(16)10(14)6-9/h2-3,6,8,11,16H,4-5,7H2,1H3,(H,15,17). The molecule has 0 aromatic heterocycles. The number of rotatable bonds is 2. The van der Waals surface area contributed by atoms with Gasteiger partial charge in [0, 0.05) is 18.2 Å². The Balaban J connectivity index is 2.04. The molecule has 1 aromatic rings. The summed E-state index contributed by atoms with van der Waals surface area (Å²) in [7, 11) is 0. The molecule has 5 heteroatoms. The minimum absolute atomic E-state index is 0.0207. The van der Waals surface area contributed by atoms with E-state index in [1.807, 2.05) is 6.92 Å². The second kappa shape index (κ2) is 5.59. The number of aromatic hydroxyl groups is 1. The topological polar surface area (TPSA) is 58.6 Å². The Hall–Kier alpha value is -1.26. The molecule has 2 atom stereocenters. The number of phenolic OH excluding ortho intramolecular Hbond substituents is 1. The van der Waals surface area contributed by atoms with Crippen molar-refractivity contribution in [3.63, 3.8) is 0 Å². The Labute approximate surface area is 111 Å². The highest BCUT2D eigenvalue weighted by atomic mass is 35.5. The van der Waals surface area contributed by atoms with Gasteiger partial charge in [0.05, 0.1) is 11.6 Å². The van der Waals surface area contributed by atoms with Crippen molar-refractivity contribution in [1.29, 1.82) is 0 Å². The summed E-state index contributed by atoms with van der Waals surface area (Å²) in [5, 5.41) is 12.5. The van der Waals surface area contributed by atoms with Crippen LogP contribution in [0, 0.1) is 5.92 Å². The van der Waals surface area contributed by atoms with Crippen LogP contribution in [0.3, 0.4) is 0 Å². The van der Waals surface area contributed by atoms with E-state index < -0.39 is 0 Å². The summed E-state index contributed by atoms with van der Waals surface area (Å²) in [5.74, 6) is 0.110. The maximum Gasteiger partial charge on any atom is 0.251 e. The molecule has 0 radical (unpaired) electrons. The molecule has 1 amide bonds. The van der Waals surface area contributed by atoms with E-state index in [2.05, 4.69) is 5.32 Å². The number of halogens is 1. The molecule has 2 unspecified atom stereocenters. The van der Waals surface area contributed by atoms with Gasteiger partial charge in [-0.1, -0.05) is 18.5 Å². The molecule has 0 spiro atoms. The number of benzene rings is 1. The Morgan fingerprint density at radius 2 is 2.33 bits per heavy atom. The molecular formula is C13H16ClNO3. The van der Waals surface area contributed by atoms with Crippen LogP contribution in [0.2, 0.25) is 5.02 Å². The van der Waals surface area contributed by atoms with Crippen LogP contribution in [0.25, 0.3) is 0 Å². The Morgan fingerprint density at radius 1 is 1.56 bits per heavy atom. The van der Waals surface area contributed by atoms with Crippen molar-refractivity contribution in [1.82, 2.24) is 5.32 Å². The monoisotopic (exact) mass is 269 g/mol. The third kappa shape index (κ3) is 2.94. The summed E-state index contributed by atoms with van der Waals surface area (Å²) >= 11 is 5.78. The highest BCUT2D eigenvalue weighted by molar-refractivity contribution is 6.32. The lowest BCUT2D eigenvalue weighted by Gasteiger charge is -2.29. The molecule has 98 valence electrons. The number of ether oxygens (including phenoxy) is 1. The lowest BCUT2D eigenvalue weighted by molar-refractivity contribution is 0.0375. The van der Waals surface area contributed by atoms with Crippen LogP contribution in [0.4, 0.5) is 0 Å². The van der Waals surface area contributed by atoms with Crippen LogP contribution in [-0.4, -0.2) is 30.3 Å². The van der Waals surface area contributed by atoms with E-state index >= 15 is 0 Å². The van der Waals surface area contributed by atoms with Gasteiger partial charge in [0.15, 0.2) is 0 Å². The van der Waals surface area contributed by atoms with Crippen molar-refractivity contribution in [2.24, 2.45) is 5.92 Å². The summed E-state index contributed by atoms with van der Waals surface area (Å²) in [6.07, 6.45) is 0.818. The number of carbonyl (C=O) groups is 1. The molecule has 2 rings (SSSR count). The van der Waals surface area contributed by atoms with Gasteiger partial charge in [0.25, 0.3) is 5.91 Å². The van der Waals surface area contributed by atoms with Crippen molar-refractivity contribution in [3.8, 4) is 5.75 Å². The number of phenols is 1. The Morgan fingerprint density at radius 3 is 3.00 bits per heavy atom. The van der Waals surface area contributed by atoms with Crippen LogP contribution < -0.4 is 5.32 Å². The van der Waals surface area contributed by atoms with Crippen molar-refractivity contribution in [2.75, 3.05) is 13.2 Å². The first-order valence-corrected chi connectivity index (χ1v) is 6.33. The fourth-order valence-electron chi connectivity index (χ4n) is 1.99. The summed E-state index contributed by atoms with van der Waals surface area (Å²) in [6.45, 7) is 3.39. The summed E-state index contributed by atoms with van der Waals surface area (Å²) < 4.78 is 5.33. The first-order valence-electron chi connectivity index (χ1n) is 5.95. The van der Waals surface area contributed by atoms with E-state index in [1.54, 1.807) is 6.07 Å². The van der Waals surface area contributed by atoms with Crippen molar-refractivity contribution >= 4 is 17.5 Å². The highest BCUT2D eigenvalue weighted by Gasteiger charge is 2.23. The second-order valence-corrected chi connectivity index (χ2v) is 4.99. The van der Waals surface area contributed by atoms with Gasteiger partial charge in [-0.15, -0.1) is 0 Å². The van der Waals surface area contributed by atoms with Crippen LogP contribution >= 0.6 is 11.6 Å². The van der Waals surface area contributed by atoms with Gasteiger partial charge < -0.3 is 15.2 Å². The normalized spacial score (nSPS) is 23.7.